The summed E-state index contributed by atoms with van der Waals surface area (Å²) in [7, 11) is 0. The van der Waals surface area contributed by atoms with Crippen molar-refractivity contribution in [3.63, 3.8) is 0 Å². The number of nitrogens with two attached hydrogens (primary N) is 1. The molecule has 1 aromatic carbocycles. The number of benzene rings is 1. The van der Waals surface area contributed by atoms with Gasteiger partial charge < -0.3 is 15.8 Å². The first-order chi connectivity index (χ1) is 11.0. The Morgan fingerprint density at radius 3 is 2.91 bits per heavy atom. The third-order valence-electron chi connectivity index (χ3n) is 3.15. The number of ether oxygens (including phenoxy) is 1. The summed E-state index contributed by atoms with van der Waals surface area (Å²) in [5, 5.41) is 7.03. The predicted octanol–water partition coefficient (Wildman–Crippen LogP) is 0.796. The number of hydrogen-bond donors (Lipinski definition) is 3. The molecule has 1 atom stereocenters. The average molecular weight is 339 g/mol. The number of hydrogen-bond acceptors (Lipinski definition) is 5. The van der Waals surface area contributed by atoms with Gasteiger partial charge in [0.2, 0.25) is 5.91 Å². The van der Waals surface area contributed by atoms with Crippen LogP contribution in [0.15, 0.2) is 23.3 Å². The van der Waals surface area contributed by atoms with Crippen LogP contribution in [-0.4, -0.2) is 36.7 Å². The van der Waals surface area contributed by atoms with E-state index in [4.69, 9.17) is 22.1 Å². The minimum atomic E-state index is -0.262. The molecule has 1 aliphatic rings. The first-order valence-corrected chi connectivity index (χ1v) is 7.64. The zero-order valence-corrected chi connectivity index (χ0v) is 13.5. The van der Waals surface area contributed by atoms with Gasteiger partial charge in [-0.1, -0.05) is 11.6 Å². The van der Waals surface area contributed by atoms with Gasteiger partial charge in [-0.2, -0.15) is 5.10 Å². The maximum Gasteiger partial charge on any atom is 0.257 e. The highest BCUT2D eigenvalue weighted by Crippen LogP contribution is 2.26. The van der Waals surface area contributed by atoms with E-state index in [0.717, 1.165) is 11.3 Å². The molecule has 23 heavy (non-hydrogen) atoms. The fraction of sp³-hybridized carbons (Fsp3) is 0.400. The van der Waals surface area contributed by atoms with E-state index in [1.165, 1.54) is 0 Å². The Hall–Kier alpha value is -2.12. The summed E-state index contributed by atoms with van der Waals surface area (Å²) < 4.78 is 5.40. The number of rotatable bonds is 6. The van der Waals surface area contributed by atoms with Gasteiger partial charge in [0.25, 0.3) is 5.91 Å². The average Bonchev–Trinajstić information content (AvgIpc) is 2.52. The lowest BCUT2D eigenvalue weighted by atomic mass is 10.0. The predicted molar refractivity (Wildman–Crippen MR) is 87.5 cm³/mol. The largest absolute Gasteiger partial charge is 0.482 e. The molecule has 0 saturated carbocycles. The van der Waals surface area contributed by atoms with Crippen molar-refractivity contribution in [2.45, 2.75) is 25.8 Å². The Morgan fingerprint density at radius 1 is 1.52 bits per heavy atom. The Labute approximate surface area is 139 Å². The number of hydrazone groups is 1. The van der Waals surface area contributed by atoms with Gasteiger partial charge in [0.15, 0.2) is 6.61 Å². The smallest absolute Gasteiger partial charge is 0.257 e. The molecule has 8 heteroatoms. The van der Waals surface area contributed by atoms with Crippen LogP contribution in [0.4, 0.5) is 0 Å². The van der Waals surface area contributed by atoms with Crippen LogP contribution in [0, 0.1) is 0 Å². The topological polar surface area (TPSA) is 106 Å². The van der Waals surface area contributed by atoms with E-state index in [9.17, 15) is 9.59 Å². The standard InChI is InChI=1S/C15H19ClN4O3/c1-9(17)7-18-15(22)8-23-13-4-2-10(6-11(13)16)12-3-5-14(21)20-19-12/h2,4,6,9H,3,5,7-8,17H2,1H3,(H,18,22)(H,20,21). The molecular formula is C15H19ClN4O3. The second-order valence-electron chi connectivity index (χ2n) is 5.31. The van der Waals surface area contributed by atoms with Gasteiger partial charge in [0.05, 0.1) is 10.7 Å². The van der Waals surface area contributed by atoms with E-state index < -0.39 is 0 Å². The van der Waals surface area contributed by atoms with E-state index >= 15 is 0 Å². The lowest BCUT2D eigenvalue weighted by Crippen LogP contribution is -2.37. The van der Waals surface area contributed by atoms with Gasteiger partial charge in [-0.3, -0.25) is 9.59 Å². The summed E-state index contributed by atoms with van der Waals surface area (Å²) in [4.78, 5) is 22.7. The molecule has 1 aromatic rings. The molecule has 1 heterocycles. The fourth-order valence-corrected chi connectivity index (χ4v) is 2.18. The monoisotopic (exact) mass is 338 g/mol. The van der Waals surface area contributed by atoms with Crippen molar-refractivity contribution in [2.75, 3.05) is 13.2 Å². The zero-order chi connectivity index (χ0) is 16.8. The molecule has 2 amide bonds. The van der Waals surface area contributed by atoms with Crippen LogP contribution in [0.3, 0.4) is 0 Å². The summed E-state index contributed by atoms with van der Waals surface area (Å²) >= 11 is 6.17. The van der Waals surface area contributed by atoms with Gasteiger partial charge in [-0.25, -0.2) is 5.43 Å². The van der Waals surface area contributed by atoms with Crippen LogP contribution in [0.2, 0.25) is 5.02 Å². The van der Waals surface area contributed by atoms with E-state index in [-0.39, 0.29) is 24.5 Å². The minimum Gasteiger partial charge on any atom is -0.482 e. The number of carbonyl (C=O) groups is 2. The molecule has 1 unspecified atom stereocenters. The van der Waals surface area contributed by atoms with Crippen LogP contribution in [-0.2, 0) is 9.59 Å². The third kappa shape index (κ3) is 5.22. The Balaban J connectivity index is 1.94. The zero-order valence-electron chi connectivity index (χ0n) is 12.8. The van der Waals surface area contributed by atoms with E-state index in [2.05, 4.69) is 15.8 Å². The quantitative estimate of drug-likeness (QED) is 0.713. The Kier molecular flexibility index (Phi) is 5.95. The number of carbonyl (C=O) groups excluding carboxylic acids is 2. The molecule has 0 radical (unpaired) electrons. The molecule has 0 fully saturated rings. The Bertz CT molecular complexity index is 631. The van der Waals surface area contributed by atoms with Crippen molar-refractivity contribution in [3.8, 4) is 5.75 Å². The molecule has 0 bridgehead atoms. The SMILES string of the molecule is CC(N)CNC(=O)COc1ccc(C2=NNC(=O)CC2)cc1Cl. The Morgan fingerprint density at radius 2 is 2.30 bits per heavy atom. The first-order valence-electron chi connectivity index (χ1n) is 7.26. The summed E-state index contributed by atoms with van der Waals surface area (Å²) in [6, 6.07) is 5.05. The summed E-state index contributed by atoms with van der Waals surface area (Å²) in [5.74, 6) is 0.0474. The van der Waals surface area contributed by atoms with E-state index in [1.54, 1.807) is 25.1 Å². The summed E-state index contributed by atoms with van der Waals surface area (Å²) in [6.45, 7) is 2.05. The van der Waals surface area contributed by atoms with Gasteiger partial charge in [-0.05, 0) is 30.7 Å². The van der Waals surface area contributed by atoms with Gasteiger partial charge in [-0.15, -0.1) is 0 Å². The lowest BCUT2D eigenvalue weighted by Gasteiger charge is -2.14. The third-order valence-corrected chi connectivity index (χ3v) is 3.44. The van der Waals surface area contributed by atoms with Crippen molar-refractivity contribution in [3.05, 3.63) is 28.8 Å². The molecule has 0 aromatic heterocycles. The number of nitrogens with zero attached hydrogens (tertiary/aromatic N) is 1. The number of amides is 2. The van der Waals surface area contributed by atoms with Crippen LogP contribution in [0.1, 0.15) is 25.3 Å². The van der Waals surface area contributed by atoms with Crippen molar-refractivity contribution >= 4 is 29.1 Å². The molecular weight excluding hydrogens is 320 g/mol. The van der Waals surface area contributed by atoms with Crippen LogP contribution >= 0.6 is 11.6 Å². The van der Waals surface area contributed by atoms with E-state index in [1.807, 2.05) is 0 Å². The maximum absolute atomic E-state index is 11.6. The van der Waals surface area contributed by atoms with Crippen LogP contribution in [0.5, 0.6) is 5.75 Å². The lowest BCUT2D eigenvalue weighted by molar-refractivity contribution is -0.123. The molecule has 124 valence electrons. The van der Waals surface area contributed by atoms with Crippen LogP contribution < -0.4 is 21.2 Å². The molecule has 0 spiro atoms. The van der Waals surface area contributed by atoms with Crippen molar-refractivity contribution in [1.82, 2.24) is 10.7 Å². The van der Waals surface area contributed by atoms with Gasteiger partial charge in [0, 0.05) is 25.4 Å². The van der Waals surface area contributed by atoms with Crippen LogP contribution in [0.25, 0.3) is 0 Å². The molecule has 4 N–H and O–H groups in total. The number of halogens is 1. The van der Waals surface area contributed by atoms with Crippen molar-refractivity contribution in [1.29, 1.82) is 0 Å². The highest BCUT2D eigenvalue weighted by molar-refractivity contribution is 6.32. The molecule has 0 saturated heterocycles. The summed E-state index contributed by atoms with van der Waals surface area (Å²) in [5.41, 5.74) is 9.56. The van der Waals surface area contributed by atoms with E-state index in [0.29, 0.717) is 30.2 Å². The second kappa shape index (κ2) is 7.94. The highest BCUT2D eigenvalue weighted by Gasteiger charge is 2.15. The normalized spacial score (nSPS) is 15.4. The molecule has 0 aliphatic carbocycles. The first kappa shape index (κ1) is 17.2. The molecule has 1 aliphatic heterocycles. The second-order valence-corrected chi connectivity index (χ2v) is 5.72. The summed E-state index contributed by atoms with van der Waals surface area (Å²) in [6.07, 6.45) is 0.955. The molecule has 2 rings (SSSR count). The fourth-order valence-electron chi connectivity index (χ4n) is 1.95. The maximum atomic E-state index is 11.6. The van der Waals surface area contributed by atoms with Crippen molar-refractivity contribution < 1.29 is 14.3 Å². The van der Waals surface area contributed by atoms with Gasteiger partial charge >= 0.3 is 0 Å². The van der Waals surface area contributed by atoms with Crippen molar-refractivity contribution in [2.24, 2.45) is 10.8 Å². The number of nitrogens with one attached hydrogen (secondary N) is 2. The highest BCUT2D eigenvalue weighted by atomic mass is 35.5. The molecule has 7 nitrogen and oxygen atoms in total. The van der Waals surface area contributed by atoms with Gasteiger partial charge in [0.1, 0.15) is 5.75 Å². The minimum absolute atomic E-state index is 0.0994.